The van der Waals surface area contributed by atoms with Crippen LogP contribution in [0.2, 0.25) is 0 Å². The van der Waals surface area contributed by atoms with Gasteiger partial charge in [0.05, 0.1) is 23.9 Å². The van der Waals surface area contributed by atoms with E-state index >= 15 is 0 Å². The first kappa shape index (κ1) is 18.3. The van der Waals surface area contributed by atoms with Gasteiger partial charge in [0.2, 0.25) is 0 Å². The lowest BCUT2D eigenvalue weighted by atomic mass is 10.0. The lowest BCUT2D eigenvalue weighted by Crippen LogP contribution is -2.03. The molecule has 0 unspecified atom stereocenters. The van der Waals surface area contributed by atoms with Crippen LogP contribution in [0, 0.1) is 0 Å². The summed E-state index contributed by atoms with van der Waals surface area (Å²) in [6.07, 6.45) is 4.32. The first-order valence-corrected chi connectivity index (χ1v) is 10.0. The number of nitrogens with one attached hydrogen (secondary N) is 1. The minimum atomic E-state index is -0.910. The molecule has 1 saturated carbocycles. The van der Waals surface area contributed by atoms with Gasteiger partial charge in [-0.15, -0.1) is 0 Å². The van der Waals surface area contributed by atoms with Crippen LogP contribution in [0.3, 0.4) is 0 Å². The zero-order chi connectivity index (χ0) is 20.7. The summed E-state index contributed by atoms with van der Waals surface area (Å²) >= 11 is 0. The number of anilines is 2. The summed E-state index contributed by atoms with van der Waals surface area (Å²) in [5, 5.41) is 14.0. The average molecular weight is 398 g/mol. The molecule has 0 aliphatic heterocycles. The Kier molecular flexibility index (Phi) is 4.43. The summed E-state index contributed by atoms with van der Waals surface area (Å²) in [5.74, 6) is 0.432. The number of aromatic nitrogens is 1. The highest BCUT2D eigenvalue weighted by Crippen LogP contribution is 2.41. The summed E-state index contributed by atoms with van der Waals surface area (Å²) in [7, 11) is 1.66. The number of ether oxygens (including phenoxy) is 1. The molecule has 5 nitrogen and oxygen atoms in total. The molecule has 150 valence electrons. The summed E-state index contributed by atoms with van der Waals surface area (Å²) < 4.78 is 7.35. The maximum atomic E-state index is 11.8. The number of hydrogen-bond acceptors (Lipinski definition) is 3. The van der Waals surface area contributed by atoms with Gasteiger partial charge >= 0.3 is 5.97 Å². The molecule has 0 radical (unpaired) electrons. The van der Waals surface area contributed by atoms with Crippen molar-refractivity contribution < 1.29 is 14.6 Å². The van der Waals surface area contributed by atoms with Crippen molar-refractivity contribution in [1.29, 1.82) is 0 Å². The molecule has 1 aliphatic carbocycles. The van der Waals surface area contributed by atoms with Gasteiger partial charge in [-0.3, -0.25) is 0 Å². The molecule has 2 N–H and O–H groups in total. The maximum Gasteiger partial charge on any atom is 0.337 e. The van der Waals surface area contributed by atoms with Crippen molar-refractivity contribution in [2.75, 3.05) is 12.4 Å². The number of hydrogen-bond donors (Lipinski definition) is 2. The van der Waals surface area contributed by atoms with E-state index in [-0.39, 0.29) is 0 Å². The third kappa shape index (κ3) is 3.39. The monoisotopic (exact) mass is 398 g/mol. The quantitative estimate of drug-likeness (QED) is 0.421. The molecular weight excluding hydrogens is 376 g/mol. The number of carboxylic acid groups (broad SMARTS) is 1. The van der Waals surface area contributed by atoms with Crippen LogP contribution < -0.4 is 10.1 Å². The Balaban J connectivity index is 1.45. The smallest absolute Gasteiger partial charge is 0.337 e. The van der Waals surface area contributed by atoms with Crippen LogP contribution >= 0.6 is 0 Å². The molecule has 1 aliphatic rings. The van der Waals surface area contributed by atoms with Crippen LogP contribution in [0.4, 0.5) is 11.4 Å². The van der Waals surface area contributed by atoms with Gasteiger partial charge in [0, 0.05) is 23.0 Å². The van der Waals surface area contributed by atoms with Crippen molar-refractivity contribution in [3.8, 4) is 11.4 Å². The first-order valence-electron chi connectivity index (χ1n) is 10.0. The number of rotatable bonds is 6. The highest BCUT2D eigenvalue weighted by Gasteiger charge is 2.25. The normalized spacial score (nSPS) is 13.4. The van der Waals surface area contributed by atoms with Gasteiger partial charge in [-0.1, -0.05) is 6.07 Å². The van der Waals surface area contributed by atoms with Crippen molar-refractivity contribution in [2.24, 2.45) is 0 Å². The van der Waals surface area contributed by atoms with E-state index < -0.39 is 5.97 Å². The van der Waals surface area contributed by atoms with Gasteiger partial charge in [0.1, 0.15) is 5.75 Å². The standard InChI is InChI=1S/C25H22N2O3/c1-30-21-8-6-20(7-9-21)27-13-12-18-14-19(5-11-24(18)27)26-23-10-4-17(16-2-3-16)15-22(23)25(28)29/h4-16,26H,2-3H2,1H3,(H,28,29). The molecule has 3 aromatic carbocycles. The molecule has 0 saturated heterocycles. The molecule has 30 heavy (non-hydrogen) atoms. The molecule has 1 fully saturated rings. The van der Waals surface area contributed by atoms with Crippen LogP contribution in [0.1, 0.15) is 34.7 Å². The van der Waals surface area contributed by atoms with E-state index in [4.69, 9.17) is 4.74 Å². The second-order valence-electron chi connectivity index (χ2n) is 7.67. The third-order valence-corrected chi connectivity index (χ3v) is 5.64. The lowest BCUT2D eigenvalue weighted by molar-refractivity contribution is 0.0698. The van der Waals surface area contributed by atoms with Crippen LogP contribution in [-0.4, -0.2) is 22.8 Å². The van der Waals surface area contributed by atoms with Gasteiger partial charge in [-0.25, -0.2) is 4.79 Å². The van der Waals surface area contributed by atoms with Crippen molar-refractivity contribution >= 4 is 28.2 Å². The minimum Gasteiger partial charge on any atom is -0.497 e. The Labute approximate surface area is 174 Å². The molecule has 1 aromatic heterocycles. The van der Waals surface area contributed by atoms with Gasteiger partial charge in [0.15, 0.2) is 0 Å². The Morgan fingerprint density at radius 3 is 2.53 bits per heavy atom. The fourth-order valence-electron chi connectivity index (χ4n) is 3.86. The molecule has 1 heterocycles. The Morgan fingerprint density at radius 2 is 1.83 bits per heavy atom. The van der Waals surface area contributed by atoms with Gasteiger partial charge in [0.25, 0.3) is 0 Å². The highest BCUT2D eigenvalue weighted by atomic mass is 16.5. The van der Waals surface area contributed by atoms with Gasteiger partial charge in [-0.05, 0) is 85.0 Å². The molecule has 0 atom stereocenters. The largest absolute Gasteiger partial charge is 0.497 e. The third-order valence-electron chi connectivity index (χ3n) is 5.64. The topological polar surface area (TPSA) is 63.5 Å². The molecule has 0 amide bonds. The Bertz CT molecular complexity index is 1240. The second kappa shape index (κ2) is 7.26. The summed E-state index contributed by atoms with van der Waals surface area (Å²) in [5.41, 5.74) is 5.03. The number of carbonyl (C=O) groups is 1. The Hall–Kier alpha value is -3.73. The van der Waals surface area contributed by atoms with Crippen LogP contribution in [-0.2, 0) is 0 Å². The number of fused-ring (bicyclic) bond motifs is 1. The second-order valence-corrected chi connectivity index (χ2v) is 7.67. The summed E-state index contributed by atoms with van der Waals surface area (Å²) in [6, 6.07) is 21.7. The minimum absolute atomic E-state index is 0.315. The first-order chi connectivity index (χ1) is 14.6. The Morgan fingerprint density at radius 1 is 1.03 bits per heavy atom. The number of aromatic carboxylic acids is 1. The van der Waals surface area contributed by atoms with Crippen molar-refractivity contribution in [1.82, 2.24) is 4.57 Å². The van der Waals surface area contributed by atoms with Crippen molar-refractivity contribution in [3.05, 3.63) is 84.1 Å². The van der Waals surface area contributed by atoms with E-state index in [1.165, 1.54) is 0 Å². The van der Waals surface area contributed by atoms with Crippen molar-refractivity contribution in [3.63, 3.8) is 0 Å². The predicted octanol–water partition coefficient (Wildman–Crippen LogP) is 5.96. The molecule has 5 rings (SSSR count). The van der Waals surface area contributed by atoms with E-state index in [1.807, 2.05) is 60.8 Å². The van der Waals surface area contributed by atoms with E-state index in [2.05, 4.69) is 16.0 Å². The lowest BCUT2D eigenvalue weighted by Gasteiger charge is -2.12. The van der Waals surface area contributed by atoms with Crippen molar-refractivity contribution in [2.45, 2.75) is 18.8 Å². The average Bonchev–Trinajstić information content (AvgIpc) is 3.53. The highest BCUT2D eigenvalue weighted by molar-refractivity contribution is 5.96. The predicted molar refractivity (Wildman–Crippen MR) is 118 cm³/mol. The molecule has 5 heteroatoms. The van der Waals surface area contributed by atoms with Crippen LogP contribution in [0.25, 0.3) is 16.6 Å². The van der Waals surface area contributed by atoms with E-state index in [0.29, 0.717) is 17.2 Å². The summed E-state index contributed by atoms with van der Waals surface area (Å²) in [6.45, 7) is 0. The zero-order valence-corrected chi connectivity index (χ0v) is 16.6. The van der Waals surface area contributed by atoms with Crippen LogP contribution in [0.15, 0.2) is 72.9 Å². The van der Waals surface area contributed by atoms with Gasteiger partial charge < -0.3 is 19.7 Å². The number of benzene rings is 3. The fraction of sp³-hybridized carbons (Fsp3) is 0.160. The van der Waals surface area contributed by atoms with Gasteiger partial charge in [-0.2, -0.15) is 0 Å². The molecule has 0 spiro atoms. The zero-order valence-electron chi connectivity index (χ0n) is 16.6. The number of nitrogens with zero attached hydrogens (tertiary/aromatic N) is 1. The van der Waals surface area contributed by atoms with E-state index in [9.17, 15) is 9.90 Å². The SMILES string of the molecule is COc1ccc(-n2ccc3cc(Nc4ccc(C5CC5)cc4C(=O)O)ccc32)cc1. The number of carboxylic acids is 1. The van der Waals surface area contributed by atoms with E-state index in [0.717, 1.165) is 46.4 Å². The molecule has 0 bridgehead atoms. The fourth-order valence-corrected chi connectivity index (χ4v) is 3.86. The van der Waals surface area contributed by atoms with Crippen LogP contribution in [0.5, 0.6) is 5.75 Å². The molecular formula is C25H22N2O3. The summed E-state index contributed by atoms with van der Waals surface area (Å²) in [4.78, 5) is 11.8. The molecule has 4 aromatic rings. The maximum absolute atomic E-state index is 11.8. The van der Waals surface area contributed by atoms with E-state index in [1.54, 1.807) is 13.2 Å². The number of methoxy groups -OCH3 is 1.